The molecule has 0 aliphatic carbocycles. The molecule has 6 aromatic rings. The van der Waals surface area contributed by atoms with Crippen LogP contribution in [0.25, 0.3) is 22.2 Å². The van der Waals surface area contributed by atoms with Crippen LogP contribution in [-0.4, -0.2) is 15.1 Å². The molecule has 0 atom stereocenters. The van der Waals surface area contributed by atoms with E-state index < -0.39 is 0 Å². The number of anilines is 6. The summed E-state index contributed by atoms with van der Waals surface area (Å²) in [5.41, 5.74) is 9.38. The van der Waals surface area contributed by atoms with Crippen LogP contribution in [0.4, 0.5) is 34.3 Å². The first-order chi connectivity index (χ1) is 19.1. The summed E-state index contributed by atoms with van der Waals surface area (Å²) in [6.07, 6.45) is 1.84. The van der Waals surface area contributed by atoms with Crippen molar-refractivity contribution < 1.29 is 26.2 Å². The van der Waals surface area contributed by atoms with Crippen molar-refractivity contribution in [3.8, 4) is 17.0 Å². The average Bonchev–Trinajstić information content (AvgIpc) is 2.97. The van der Waals surface area contributed by atoms with E-state index >= 15 is 0 Å². The molecular weight excluding hydrogens is 675 g/mol. The number of phenolic OH excluding ortho intramolecular Hbond substituents is 1. The predicted molar refractivity (Wildman–Crippen MR) is 158 cm³/mol. The third kappa shape index (κ3) is 4.23. The number of aryl methyl sites for hydroxylation is 2. The largest absolute Gasteiger partial charge is 0.506 e. The Balaban J connectivity index is 0.00000289. The third-order valence-electron chi connectivity index (χ3n) is 7.21. The van der Waals surface area contributed by atoms with Crippen molar-refractivity contribution in [3.05, 3.63) is 127 Å². The summed E-state index contributed by atoms with van der Waals surface area (Å²) >= 11 is 0. The second-order valence-corrected chi connectivity index (χ2v) is 9.79. The fourth-order valence-electron chi connectivity index (χ4n) is 5.30. The second kappa shape index (κ2) is 10.3. The van der Waals surface area contributed by atoms with E-state index in [1.54, 1.807) is 6.07 Å². The SMILES string of the molecule is Cc1ccnc(N2c3[c-]c(-c4ccc5c(C)ccc(O)c5n4)ccc3N(c3ccccc3)c3ccccc32)c1.[Pt]. The quantitative estimate of drug-likeness (QED) is 0.187. The van der Waals surface area contributed by atoms with Gasteiger partial charge in [0.25, 0.3) is 0 Å². The molecule has 6 heteroatoms. The molecule has 4 aromatic carbocycles. The first-order valence-electron chi connectivity index (χ1n) is 12.9. The Labute approximate surface area is 247 Å². The summed E-state index contributed by atoms with van der Waals surface area (Å²) in [4.78, 5) is 14.1. The van der Waals surface area contributed by atoms with Crippen LogP contribution in [0.15, 0.2) is 109 Å². The fraction of sp³-hybridized carbons (Fsp3) is 0.0588. The Morgan fingerprint density at radius 2 is 1.48 bits per heavy atom. The van der Waals surface area contributed by atoms with Crippen molar-refractivity contribution in [3.63, 3.8) is 0 Å². The molecule has 1 N–H and O–H groups in total. The van der Waals surface area contributed by atoms with Crippen LogP contribution in [0.2, 0.25) is 0 Å². The zero-order valence-electron chi connectivity index (χ0n) is 21.9. The Morgan fingerprint density at radius 3 is 2.25 bits per heavy atom. The van der Waals surface area contributed by atoms with Crippen LogP contribution in [0.5, 0.6) is 5.75 Å². The van der Waals surface area contributed by atoms with Gasteiger partial charge >= 0.3 is 0 Å². The minimum Gasteiger partial charge on any atom is -0.506 e. The minimum atomic E-state index is 0. The van der Waals surface area contributed by atoms with Crippen molar-refractivity contribution in [2.24, 2.45) is 0 Å². The fourth-order valence-corrected chi connectivity index (χ4v) is 5.30. The second-order valence-electron chi connectivity index (χ2n) is 9.79. The molecule has 0 spiro atoms. The van der Waals surface area contributed by atoms with E-state index in [0.29, 0.717) is 5.52 Å². The number of rotatable bonds is 3. The summed E-state index contributed by atoms with van der Waals surface area (Å²) < 4.78 is 0. The number of nitrogens with zero attached hydrogens (tertiary/aromatic N) is 4. The zero-order chi connectivity index (χ0) is 26.5. The van der Waals surface area contributed by atoms with Crippen LogP contribution >= 0.6 is 0 Å². The van der Waals surface area contributed by atoms with Gasteiger partial charge in [-0.2, -0.15) is 0 Å². The van der Waals surface area contributed by atoms with Gasteiger partial charge in [0.1, 0.15) is 17.1 Å². The molecule has 0 amide bonds. The summed E-state index contributed by atoms with van der Waals surface area (Å²) in [5, 5.41) is 11.5. The summed E-state index contributed by atoms with van der Waals surface area (Å²) in [5.74, 6) is 0.995. The van der Waals surface area contributed by atoms with Crippen LogP contribution in [-0.2, 0) is 21.1 Å². The summed E-state index contributed by atoms with van der Waals surface area (Å²) in [6, 6.07) is 38.3. The first-order valence-corrected chi connectivity index (χ1v) is 12.9. The Kier molecular flexibility index (Phi) is 6.61. The molecule has 2 aromatic heterocycles. The monoisotopic (exact) mass is 700 g/mol. The molecule has 5 nitrogen and oxygen atoms in total. The van der Waals surface area contributed by atoms with E-state index in [9.17, 15) is 5.11 Å². The number of aromatic hydroxyl groups is 1. The zero-order valence-corrected chi connectivity index (χ0v) is 24.2. The van der Waals surface area contributed by atoms with Gasteiger partial charge in [0.2, 0.25) is 0 Å². The van der Waals surface area contributed by atoms with Gasteiger partial charge < -0.3 is 14.9 Å². The number of pyridine rings is 2. The number of benzene rings is 4. The van der Waals surface area contributed by atoms with Gasteiger partial charge in [-0.05, 0) is 84.5 Å². The first kappa shape index (κ1) is 25.8. The number of para-hydroxylation sites is 3. The molecule has 0 saturated carbocycles. The van der Waals surface area contributed by atoms with E-state index in [-0.39, 0.29) is 26.8 Å². The maximum absolute atomic E-state index is 10.5. The number of hydrogen-bond acceptors (Lipinski definition) is 5. The Morgan fingerprint density at radius 1 is 0.725 bits per heavy atom. The molecule has 0 unspecified atom stereocenters. The molecule has 198 valence electrons. The van der Waals surface area contributed by atoms with E-state index in [4.69, 9.17) is 9.97 Å². The third-order valence-corrected chi connectivity index (χ3v) is 7.21. The van der Waals surface area contributed by atoms with Crippen LogP contribution in [0.1, 0.15) is 11.1 Å². The Bertz CT molecular complexity index is 1870. The molecule has 3 heterocycles. The van der Waals surface area contributed by atoms with Crippen molar-refractivity contribution in [2.75, 3.05) is 9.80 Å². The molecule has 1 aliphatic heterocycles. The van der Waals surface area contributed by atoms with Crippen LogP contribution in [0.3, 0.4) is 0 Å². The van der Waals surface area contributed by atoms with Crippen molar-refractivity contribution in [1.82, 2.24) is 9.97 Å². The normalized spacial score (nSPS) is 12.1. The maximum atomic E-state index is 10.5. The van der Waals surface area contributed by atoms with Gasteiger partial charge in [-0.1, -0.05) is 48.5 Å². The van der Waals surface area contributed by atoms with Gasteiger partial charge in [-0.3, -0.25) is 4.98 Å². The van der Waals surface area contributed by atoms with Gasteiger partial charge in [-0.15, -0.1) is 23.8 Å². The molecular formula is C34H25N4OPt-. The molecule has 0 radical (unpaired) electrons. The van der Waals surface area contributed by atoms with Gasteiger partial charge in [0.15, 0.2) is 0 Å². The van der Waals surface area contributed by atoms with Gasteiger partial charge in [-0.25, -0.2) is 4.98 Å². The van der Waals surface area contributed by atoms with E-state index in [1.807, 2.05) is 49.5 Å². The van der Waals surface area contributed by atoms with Crippen LogP contribution < -0.4 is 9.80 Å². The molecule has 0 bridgehead atoms. The average molecular weight is 701 g/mol. The number of hydrogen-bond donors (Lipinski definition) is 1. The smallest absolute Gasteiger partial charge is 0.140 e. The minimum absolute atomic E-state index is 0. The van der Waals surface area contributed by atoms with E-state index in [0.717, 1.165) is 62.0 Å². The van der Waals surface area contributed by atoms with Crippen molar-refractivity contribution >= 4 is 45.2 Å². The number of aromatic nitrogens is 2. The molecule has 1 aliphatic rings. The van der Waals surface area contributed by atoms with Crippen molar-refractivity contribution in [1.29, 1.82) is 0 Å². The van der Waals surface area contributed by atoms with E-state index in [2.05, 4.69) is 83.5 Å². The Hall–Kier alpha value is -4.47. The molecule has 0 saturated heterocycles. The summed E-state index contributed by atoms with van der Waals surface area (Å²) in [6.45, 7) is 4.10. The predicted octanol–water partition coefficient (Wildman–Crippen LogP) is 8.67. The standard InChI is InChI=1S/C34H25N4O.Pt/c1-22-18-19-35-33(20-22)38-29-11-7-6-10-28(29)37(25-8-4-3-5-9-25)30-16-13-24(21-31(30)38)27-15-14-26-23(2)12-17-32(39)34(26)36-27;/h3-20,39H,1-2H3;/q-1;. The molecule has 0 fully saturated rings. The number of fused-ring (bicyclic) bond motifs is 3. The van der Waals surface area contributed by atoms with Gasteiger partial charge in [0.05, 0.1) is 11.4 Å². The maximum Gasteiger partial charge on any atom is 0.140 e. The number of phenols is 1. The van der Waals surface area contributed by atoms with E-state index in [1.165, 1.54) is 0 Å². The topological polar surface area (TPSA) is 52.5 Å². The van der Waals surface area contributed by atoms with Crippen LogP contribution in [0, 0.1) is 19.9 Å². The summed E-state index contributed by atoms with van der Waals surface area (Å²) in [7, 11) is 0. The molecule has 40 heavy (non-hydrogen) atoms. The van der Waals surface area contributed by atoms with Crippen molar-refractivity contribution in [2.45, 2.75) is 13.8 Å². The van der Waals surface area contributed by atoms with Gasteiger partial charge in [0, 0.05) is 38.3 Å². The molecule has 7 rings (SSSR count).